The average Bonchev–Trinajstić information content (AvgIpc) is 2.66. The van der Waals surface area contributed by atoms with Crippen molar-refractivity contribution in [3.8, 4) is 0 Å². The molecule has 0 bridgehead atoms. The molecular weight excluding hydrogens is 236 g/mol. The highest BCUT2D eigenvalue weighted by Gasteiger charge is 2.14. The van der Waals surface area contributed by atoms with Gasteiger partial charge >= 0.3 is 0 Å². The third-order valence-corrected chi connectivity index (χ3v) is 2.76. The zero-order valence-electron chi connectivity index (χ0n) is 10.8. The van der Waals surface area contributed by atoms with Crippen molar-refractivity contribution in [1.82, 2.24) is 5.32 Å². The van der Waals surface area contributed by atoms with Crippen LogP contribution < -0.4 is 5.32 Å². The van der Waals surface area contributed by atoms with E-state index < -0.39 is 11.6 Å². The first kappa shape index (κ1) is 13.0. The summed E-state index contributed by atoms with van der Waals surface area (Å²) < 4.78 is 31.6. The predicted molar refractivity (Wildman–Crippen MR) is 67.6 cm³/mol. The van der Waals surface area contributed by atoms with E-state index in [0.29, 0.717) is 5.39 Å². The lowest BCUT2D eigenvalue weighted by molar-refractivity contribution is 0.429. The first-order valence-electron chi connectivity index (χ1n) is 5.97. The van der Waals surface area contributed by atoms with Gasteiger partial charge in [-0.25, -0.2) is 4.39 Å². The van der Waals surface area contributed by atoms with E-state index in [1.807, 2.05) is 0 Å². The molecule has 0 aliphatic carbocycles. The molecule has 0 saturated carbocycles. The van der Waals surface area contributed by atoms with Crippen LogP contribution in [0.2, 0.25) is 0 Å². The van der Waals surface area contributed by atoms with Crippen LogP contribution in [0.4, 0.5) is 8.78 Å². The van der Waals surface area contributed by atoms with Gasteiger partial charge in [-0.2, -0.15) is 4.39 Å². The fourth-order valence-corrected chi connectivity index (χ4v) is 1.86. The fourth-order valence-electron chi connectivity index (χ4n) is 1.86. The summed E-state index contributed by atoms with van der Waals surface area (Å²) in [6.07, 6.45) is 2.22. The highest BCUT2D eigenvalue weighted by Crippen LogP contribution is 2.25. The van der Waals surface area contributed by atoms with Crippen LogP contribution in [-0.2, 0) is 6.42 Å². The number of halogens is 2. The van der Waals surface area contributed by atoms with Crippen LogP contribution in [0, 0.1) is 11.6 Å². The monoisotopic (exact) mass is 253 g/mol. The molecule has 1 aromatic heterocycles. The maximum atomic E-state index is 13.4. The molecule has 0 atom stereocenters. The number of hydrogen-bond donors (Lipinski definition) is 1. The summed E-state index contributed by atoms with van der Waals surface area (Å²) in [5.41, 5.74) is 0.929. The number of nitrogens with one attached hydrogen (secondary N) is 1. The van der Waals surface area contributed by atoms with Crippen LogP contribution in [0.25, 0.3) is 11.0 Å². The molecule has 2 rings (SSSR count). The number of fused-ring (bicyclic) bond motifs is 1. The van der Waals surface area contributed by atoms with E-state index in [4.69, 9.17) is 4.42 Å². The normalized spacial score (nSPS) is 12.3. The van der Waals surface area contributed by atoms with Crippen molar-refractivity contribution in [3.05, 3.63) is 35.6 Å². The molecular formula is C14H17F2NO. The van der Waals surface area contributed by atoms with Crippen molar-refractivity contribution in [2.45, 2.75) is 32.7 Å². The highest BCUT2D eigenvalue weighted by atomic mass is 19.2. The Labute approximate surface area is 105 Å². The maximum Gasteiger partial charge on any atom is 0.201 e. The molecule has 0 aliphatic rings. The van der Waals surface area contributed by atoms with Gasteiger partial charge in [-0.3, -0.25) is 0 Å². The van der Waals surface area contributed by atoms with E-state index in [0.717, 1.165) is 24.6 Å². The standard InChI is InChI=1S/C14H17F2NO/c1-14(2,3)17-7-6-9-8-18-13-10(9)4-5-11(15)12(13)16/h4-5,8,17H,6-7H2,1-3H3. The molecule has 98 valence electrons. The van der Waals surface area contributed by atoms with E-state index in [2.05, 4.69) is 26.1 Å². The van der Waals surface area contributed by atoms with Crippen LogP contribution in [0.15, 0.2) is 22.8 Å². The Bertz CT molecular complexity index is 555. The van der Waals surface area contributed by atoms with Crippen LogP contribution in [0.5, 0.6) is 0 Å². The molecule has 0 fully saturated rings. The first-order chi connectivity index (χ1) is 8.38. The van der Waals surface area contributed by atoms with Gasteiger partial charge in [-0.1, -0.05) is 0 Å². The molecule has 1 aromatic carbocycles. The van der Waals surface area contributed by atoms with Crippen molar-refractivity contribution in [2.75, 3.05) is 6.54 Å². The minimum absolute atomic E-state index is 0.000702. The van der Waals surface area contributed by atoms with E-state index in [1.54, 1.807) is 6.07 Å². The topological polar surface area (TPSA) is 25.2 Å². The largest absolute Gasteiger partial charge is 0.461 e. The van der Waals surface area contributed by atoms with Gasteiger partial charge in [0.15, 0.2) is 11.4 Å². The van der Waals surface area contributed by atoms with E-state index in [-0.39, 0.29) is 11.1 Å². The van der Waals surface area contributed by atoms with E-state index in [9.17, 15) is 8.78 Å². The third-order valence-electron chi connectivity index (χ3n) is 2.76. The number of benzene rings is 1. The summed E-state index contributed by atoms with van der Waals surface area (Å²) in [6.45, 7) is 7.00. The molecule has 18 heavy (non-hydrogen) atoms. The molecule has 2 nitrogen and oxygen atoms in total. The lowest BCUT2D eigenvalue weighted by Crippen LogP contribution is -2.37. The zero-order chi connectivity index (χ0) is 13.3. The van der Waals surface area contributed by atoms with E-state index >= 15 is 0 Å². The molecule has 0 spiro atoms. The zero-order valence-corrected chi connectivity index (χ0v) is 10.8. The second-order valence-electron chi connectivity index (χ2n) is 5.43. The summed E-state index contributed by atoms with van der Waals surface area (Å²) in [5, 5.41) is 3.98. The molecule has 0 amide bonds. The van der Waals surface area contributed by atoms with Crippen LogP contribution in [-0.4, -0.2) is 12.1 Å². The summed E-state index contributed by atoms with van der Waals surface area (Å²) >= 11 is 0. The van der Waals surface area contributed by atoms with Gasteiger partial charge in [0.25, 0.3) is 0 Å². The predicted octanol–water partition coefficient (Wildman–Crippen LogP) is 3.64. The Morgan fingerprint density at radius 1 is 1.22 bits per heavy atom. The van der Waals surface area contributed by atoms with Crippen molar-refractivity contribution < 1.29 is 13.2 Å². The Hall–Kier alpha value is -1.42. The summed E-state index contributed by atoms with van der Waals surface area (Å²) in [6, 6.07) is 2.69. The van der Waals surface area contributed by atoms with Gasteiger partial charge in [0, 0.05) is 10.9 Å². The molecule has 0 saturated heterocycles. The lowest BCUT2D eigenvalue weighted by atomic mass is 10.1. The Balaban J connectivity index is 2.18. The molecule has 2 aromatic rings. The van der Waals surface area contributed by atoms with Gasteiger partial charge < -0.3 is 9.73 Å². The molecule has 4 heteroatoms. The molecule has 0 unspecified atom stereocenters. The van der Waals surface area contributed by atoms with Crippen LogP contribution in [0.1, 0.15) is 26.3 Å². The number of rotatable bonds is 3. The lowest BCUT2D eigenvalue weighted by Gasteiger charge is -2.20. The van der Waals surface area contributed by atoms with Crippen LogP contribution >= 0.6 is 0 Å². The van der Waals surface area contributed by atoms with Gasteiger partial charge in [-0.05, 0) is 51.4 Å². The van der Waals surface area contributed by atoms with Gasteiger partial charge in [0.2, 0.25) is 5.82 Å². The minimum Gasteiger partial charge on any atom is -0.461 e. The van der Waals surface area contributed by atoms with Crippen molar-refractivity contribution in [2.24, 2.45) is 0 Å². The number of hydrogen-bond acceptors (Lipinski definition) is 2. The van der Waals surface area contributed by atoms with Gasteiger partial charge in [-0.15, -0.1) is 0 Å². The van der Waals surface area contributed by atoms with Gasteiger partial charge in [0.1, 0.15) is 0 Å². The van der Waals surface area contributed by atoms with Crippen molar-refractivity contribution in [3.63, 3.8) is 0 Å². The summed E-state index contributed by atoms with van der Waals surface area (Å²) in [7, 11) is 0. The molecule has 0 aliphatic heterocycles. The van der Waals surface area contributed by atoms with Crippen molar-refractivity contribution in [1.29, 1.82) is 0 Å². The van der Waals surface area contributed by atoms with Gasteiger partial charge in [0.05, 0.1) is 6.26 Å². The second-order valence-corrected chi connectivity index (χ2v) is 5.43. The molecule has 1 heterocycles. The average molecular weight is 253 g/mol. The number of furan rings is 1. The molecule has 0 radical (unpaired) electrons. The quantitative estimate of drug-likeness (QED) is 0.903. The first-order valence-corrected chi connectivity index (χ1v) is 5.97. The second kappa shape index (κ2) is 4.69. The maximum absolute atomic E-state index is 13.4. The van der Waals surface area contributed by atoms with Crippen molar-refractivity contribution >= 4 is 11.0 Å². The molecule has 1 N–H and O–H groups in total. The minimum atomic E-state index is -0.914. The SMILES string of the molecule is CC(C)(C)NCCc1coc2c(F)c(F)ccc12. The summed E-state index contributed by atoms with van der Waals surface area (Å²) in [4.78, 5) is 0. The van der Waals surface area contributed by atoms with E-state index in [1.165, 1.54) is 6.26 Å². The Kier molecular flexibility index (Phi) is 3.39. The summed E-state index contributed by atoms with van der Waals surface area (Å²) in [5.74, 6) is -1.79. The smallest absolute Gasteiger partial charge is 0.201 e. The fraction of sp³-hybridized carbons (Fsp3) is 0.429. The Morgan fingerprint density at radius 3 is 2.61 bits per heavy atom. The Morgan fingerprint density at radius 2 is 1.94 bits per heavy atom. The highest BCUT2D eigenvalue weighted by molar-refractivity contribution is 5.81. The van der Waals surface area contributed by atoms with Crippen LogP contribution in [0.3, 0.4) is 0 Å². The third kappa shape index (κ3) is 2.70.